The van der Waals surface area contributed by atoms with Gasteiger partial charge in [0.15, 0.2) is 5.82 Å². The average molecular weight is 325 g/mol. The van der Waals surface area contributed by atoms with Crippen LogP contribution >= 0.6 is 0 Å². The third-order valence-electron chi connectivity index (χ3n) is 3.99. The highest BCUT2D eigenvalue weighted by Gasteiger charge is 2.35. The standard InChI is InChI=1S/C14H23N5O4/c1-4-9(2)12(15)13(20)18-6-5-7-19(18)14(21)16-10-8-11(22-3)23-17-10/h8-9,12H,4-7,15H2,1-3H3,(H,16,17,21)/t9?,12-/m0/s1. The first kappa shape index (κ1) is 17.1. The number of rotatable bonds is 5. The Hall–Kier alpha value is -2.29. The number of carbonyl (C=O) groups is 2. The van der Waals surface area contributed by atoms with E-state index in [9.17, 15) is 9.59 Å². The van der Waals surface area contributed by atoms with Crippen molar-refractivity contribution in [2.45, 2.75) is 32.7 Å². The maximum Gasteiger partial charge on any atom is 0.341 e. The minimum Gasteiger partial charge on any atom is -0.467 e. The second kappa shape index (κ2) is 7.32. The van der Waals surface area contributed by atoms with Gasteiger partial charge in [-0.2, -0.15) is 0 Å². The molecule has 2 atom stereocenters. The van der Waals surface area contributed by atoms with Crippen LogP contribution in [0, 0.1) is 5.92 Å². The molecule has 0 saturated carbocycles. The Morgan fingerprint density at radius 1 is 1.48 bits per heavy atom. The number of nitrogens with zero attached hydrogens (tertiary/aromatic N) is 3. The molecule has 1 aromatic heterocycles. The largest absolute Gasteiger partial charge is 0.467 e. The first-order chi connectivity index (χ1) is 11.0. The van der Waals surface area contributed by atoms with E-state index < -0.39 is 12.1 Å². The molecule has 1 fully saturated rings. The van der Waals surface area contributed by atoms with E-state index in [-0.39, 0.29) is 23.6 Å². The number of hydrazine groups is 1. The molecule has 2 rings (SSSR count). The molecule has 3 N–H and O–H groups in total. The zero-order chi connectivity index (χ0) is 17.0. The van der Waals surface area contributed by atoms with Gasteiger partial charge in [0.1, 0.15) is 0 Å². The number of hydrogen-bond acceptors (Lipinski definition) is 6. The van der Waals surface area contributed by atoms with Crippen LogP contribution in [0.25, 0.3) is 0 Å². The highest BCUT2D eigenvalue weighted by atomic mass is 16.6. The van der Waals surface area contributed by atoms with Crippen molar-refractivity contribution in [3.05, 3.63) is 6.07 Å². The van der Waals surface area contributed by atoms with Gasteiger partial charge < -0.3 is 15.0 Å². The molecule has 0 bridgehead atoms. The lowest BCUT2D eigenvalue weighted by molar-refractivity contribution is -0.142. The van der Waals surface area contributed by atoms with Crippen molar-refractivity contribution in [3.63, 3.8) is 0 Å². The minimum atomic E-state index is -0.624. The van der Waals surface area contributed by atoms with Crippen molar-refractivity contribution in [1.82, 2.24) is 15.2 Å². The second-order valence-corrected chi connectivity index (χ2v) is 5.51. The highest BCUT2D eigenvalue weighted by molar-refractivity contribution is 5.91. The van der Waals surface area contributed by atoms with Gasteiger partial charge >= 0.3 is 12.0 Å². The van der Waals surface area contributed by atoms with E-state index in [1.165, 1.54) is 23.2 Å². The van der Waals surface area contributed by atoms with E-state index in [2.05, 4.69) is 10.5 Å². The first-order valence-electron chi connectivity index (χ1n) is 7.64. The molecule has 3 amide bonds. The molecule has 0 spiro atoms. The summed E-state index contributed by atoms with van der Waals surface area (Å²) in [6.07, 6.45) is 1.50. The monoisotopic (exact) mass is 325 g/mol. The molecule has 1 unspecified atom stereocenters. The van der Waals surface area contributed by atoms with Crippen LogP contribution in [0.1, 0.15) is 26.7 Å². The van der Waals surface area contributed by atoms with Gasteiger partial charge in [-0.25, -0.2) is 14.8 Å². The number of nitrogens with one attached hydrogen (secondary N) is 1. The third kappa shape index (κ3) is 3.73. The smallest absolute Gasteiger partial charge is 0.341 e. The number of nitrogens with two attached hydrogens (primary N) is 1. The maximum absolute atomic E-state index is 12.5. The lowest BCUT2D eigenvalue weighted by Gasteiger charge is -2.31. The summed E-state index contributed by atoms with van der Waals surface area (Å²) in [5.41, 5.74) is 5.99. The number of urea groups is 1. The Morgan fingerprint density at radius 2 is 2.17 bits per heavy atom. The molecule has 0 aromatic carbocycles. The Labute approximate surface area is 134 Å². The summed E-state index contributed by atoms with van der Waals surface area (Å²) in [4.78, 5) is 24.8. The molecule has 0 aliphatic carbocycles. The van der Waals surface area contributed by atoms with Crippen LogP contribution in [0.5, 0.6) is 5.95 Å². The molecule has 1 aromatic rings. The molecule has 23 heavy (non-hydrogen) atoms. The van der Waals surface area contributed by atoms with Gasteiger partial charge in [0.2, 0.25) is 0 Å². The number of amides is 3. The predicted octanol–water partition coefficient (Wildman–Crippen LogP) is 1.04. The summed E-state index contributed by atoms with van der Waals surface area (Å²) < 4.78 is 9.69. The van der Waals surface area contributed by atoms with Gasteiger partial charge in [-0.05, 0) is 12.3 Å². The predicted molar refractivity (Wildman–Crippen MR) is 82.5 cm³/mol. The van der Waals surface area contributed by atoms with Crippen molar-refractivity contribution in [3.8, 4) is 5.95 Å². The summed E-state index contributed by atoms with van der Waals surface area (Å²) in [5.74, 6) is 0.211. The molecule has 2 heterocycles. The molecule has 9 heteroatoms. The normalized spacial score (nSPS) is 17.0. The Bertz CT molecular complexity index is 561. The lowest BCUT2D eigenvalue weighted by Crippen LogP contribution is -2.53. The van der Waals surface area contributed by atoms with Gasteiger partial charge in [-0.1, -0.05) is 25.4 Å². The number of anilines is 1. The first-order valence-corrected chi connectivity index (χ1v) is 7.64. The van der Waals surface area contributed by atoms with Gasteiger partial charge in [-0.15, -0.1) is 0 Å². The van der Waals surface area contributed by atoms with Gasteiger partial charge in [0.25, 0.3) is 5.91 Å². The van der Waals surface area contributed by atoms with Crippen LogP contribution in [0.2, 0.25) is 0 Å². The summed E-state index contributed by atoms with van der Waals surface area (Å²) in [7, 11) is 1.43. The fourth-order valence-electron chi connectivity index (χ4n) is 2.31. The molecule has 9 nitrogen and oxygen atoms in total. The molecular formula is C14H23N5O4. The lowest BCUT2D eigenvalue weighted by atomic mass is 9.99. The van der Waals surface area contributed by atoms with Crippen LogP contribution in [-0.2, 0) is 4.79 Å². The van der Waals surface area contributed by atoms with Crippen LogP contribution in [0.4, 0.5) is 10.6 Å². The Balaban J connectivity index is 2.02. The van der Waals surface area contributed by atoms with Crippen LogP contribution in [-0.4, -0.2) is 53.4 Å². The zero-order valence-corrected chi connectivity index (χ0v) is 13.6. The number of hydrogen-bond donors (Lipinski definition) is 2. The van der Waals surface area contributed by atoms with Crippen LogP contribution in [0.15, 0.2) is 10.6 Å². The maximum atomic E-state index is 12.5. The second-order valence-electron chi connectivity index (χ2n) is 5.51. The summed E-state index contributed by atoms with van der Waals surface area (Å²) in [6.45, 7) is 4.81. The Kier molecular flexibility index (Phi) is 5.43. The fraction of sp³-hybridized carbons (Fsp3) is 0.643. The van der Waals surface area contributed by atoms with Crippen molar-refractivity contribution < 1.29 is 18.8 Å². The molecule has 1 aliphatic heterocycles. The van der Waals surface area contributed by atoms with Crippen molar-refractivity contribution in [1.29, 1.82) is 0 Å². The zero-order valence-electron chi connectivity index (χ0n) is 13.6. The summed E-state index contributed by atoms with van der Waals surface area (Å²) in [6, 6.07) is 0.370. The highest BCUT2D eigenvalue weighted by Crippen LogP contribution is 2.19. The van der Waals surface area contributed by atoms with E-state index in [1.807, 2.05) is 13.8 Å². The molecular weight excluding hydrogens is 302 g/mol. The van der Waals surface area contributed by atoms with Crippen LogP contribution < -0.4 is 15.8 Å². The van der Waals surface area contributed by atoms with E-state index in [0.29, 0.717) is 19.5 Å². The van der Waals surface area contributed by atoms with Crippen molar-refractivity contribution in [2.24, 2.45) is 11.7 Å². The molecule has 1 aliphatic rings. The van der Waals surface area contributed by atoms with E-state index in [0.717, 1.165) is 6.42 Å². The topological polar surface area (TPSA) is 114 Å². The molecule has 128 valence electrons. The Morgan fingerprint density at radius 3 is 2.78 bits per heavy atom. The number of ether oxygens (including phenoxy) is 1. The number of aromatic nitrogens is 1. The molecule has 1 saturated heterocycles. The summed E-state index contributed by atoms with van der Waals surface area (Å²) >= 11 is 0. The van der Waals surface area contributed by atoms with E-state index >= 15 is 0 Å². The number of carbonyl (C=O) groups excluding carboxylic acids is 2. The molecule has 0 radical (unpaired) electrons. The van der Waals surface area contributed by atoms with Gasteiger partial charge in [-0.3, -0.25) is 10.1 Å². The number of methoxy groups -OCH3 is 1. The minimum absolute atomic E-state index is 0.0489. The van der Waals surface area contributed by atoms with E-state index in [4.69, 9.17) is 15.0 Å². The van der Waals surface area contributed by atoms with Crippen molar-refractivity contribution >= 4 is 17.8 Å². The van der Waals surface area contributed by atoms with Gasteiger partial charge in [0, 0.05) is 13.1 Å². The van der Waals surface area contributed by atoms with E-state index in [1.54, 1.807) is 0 Å². The quantitative estimate of drug-likeness (QED) is 0.836. The van der Waals surface area contributed by atoms with Gasteiger partial charge in [0.05, 0.1) is 19.2 Å². The van der Waals surface area contributed by atoms with Crippen LogP contribution in [0.3, 0.4) is 0 Å². The summed E-state index contributed by atoms with van der Waals surface area (Å²) in [5, 5.41) is 8.99. The third-order valence-corrected chi connectivity index (χ3v) is 3.99. The SMILES string of the molecule is CCC(C)[C@H](N)C(=O)N1CCCN1C(=O)Nc1cc(OC)on1. The fourth-order valence-corrected chi connectivity index (χ4v) is 2.31. The average Bonchev–Trinajstić information content (AvgIpc) is 3.21. The van der Waals surface area contributed by atoms with Crippen molar-refractivity contribution in [2.75, 3.05) is 25.5 Å².